The lowest BCUT2D eigenvalue weighted by molar-refractivity contribution is 0.443. The van der Waals surface area contributed by atoms with Gasteiger partial charge in [-0.3, -0.25) is 0 Å². The number of hydrogen-bond acceptors (Lipinski definition) is 0. The SMILES string of the molecule is CCC(CCCc1ccccc1)C1=CCC(C)CC1. The first kappa shape index (κ1) is 14.4. The van der Waals surface area contributed by atoms with Crippen molar-refractivity contribution >= 4 is 0 Å². The van der Waals surface area contributed by atoms with E-state index in [-0.39, 0.29) is 0 Å². The highest BCUT2D eigenvalue weighted by molar-refractivity contribution is 5.15. The fourth-order valence-electron chi connectivity index (χ4n) is 3.21. The zero-order chi connectivity index (χ0) is 13.5. The second-order valence-electron chi connectivity index (χ2n) is 6.14. The Hall–Kier alpha value is -1.04. The molecule has 1 aliphatic carbocycles. The number of aryl methyl sites for hydroxylation is 1. The van der Waals surface area contributed by atoms with E-state index in [0.29, 0.717) is 0 Å². The Morgan fingerprint density at radius 2 is 2.00 bits per heavy atom. The van der Waals surface area contributed by atoms with Gasteiger partial charge in [0, 0.05) is 0 Å². The average Bonchev–Trinajstić information content (AvgIpc) is 2.46. The summed E-state index contributed by atoms with van der Waals surface area (Å²) in [5, 5.41) is 0. The maximum atomic E-state index is 2.55. The largest absolute Gasteiger partial charge is 0.0848 e. The summed E-state index contributed by atoms with van der Waals surface area (Å²) < 4.78 is 0. The van der Waals surface area contributed by atoms with Gasteiger partial charge >= 0.3 is 0 Å². The van der Waals surface area contributed by atoms with Crippen molar-refractivity contribution in [3.8, 4) is 0 Å². The molecule has 0 heteroatoms. The van der Waals surface area contributed by atoms with Crippen LogP contribution in [0.25, 0.3) is 0 Å². The van der Waals surface area contributed by atoms with E-state index in [2.05, 4.69) is 50.3 Å². The molecule has 104 valence electrons. The van der Waals surface area contributed by atoms with Gasteiger partial charge in [0.05, 0.1) is 0 Å². The molecule has 2 atom stereocenters. The van der Waals surface area contributed by atoms with Crippen LogP contribution in [0.2, 0.25) is 0 Å². The van der Waals surface area contributed by atoms with E-state index in [1.165, 1.54) is 50.5 Å². The van der Waals surface area contributed by atoms with Crippen LogP contribution in [0.1, 0.15) is 57.9 Å². The minimum Gasteiger partial charge on any atom is -0.0848 e. The maximum Gasteiger partial charge on any atom is -0.0206 e. The van der Waals surface area contributed by atoms with E-state index in [4.69, 9.17) is 0 Å². The van der Waals surface area contributed by atoms with Crippen LogP contribution in [0.4, 0.5) is 0 Å². The summed E-state index contributed by atoms with van der Waals surface area (Å²) in [5.74, 6) is 1.75. The van der Waals surface area contributed by atoms with Crippen LogP contribution in [-0.2, 0) is 6.42 Å². The van der Waals surface area contributed by atoms with Crippen molar-refractivity contribution in [2.24, 2.45) is 11.8 Å². The molecule has 0 bridgehead atoms. The minimum atomic E-state index is 0.844. The van der Waals surface area contributed by atoms with Crippen LogP contribution in [0.15, 0.2) is 42.0 Å². The Bertz CT molecular complexity index is 388. The predicted molar refractivity (Wildman–Crippen MR) is 84.3 cm³/mol. The van der Waals surface area contributed by atoms with E-state index < -0.39 is 0 Å². The molecule has 0 saturated carbocycles. The summed E-state index contributed by atoms with van der Waals surface area (Å²) in [6.45, 7) is 4.73. The van der Waals surface area contributed by atoms with Gasteiger partial charge in [-0.05, 0) is 62.3 Å². The minimum absolute atomic E-state index is 0.844. The second-order valence-corrected chi connectivity index (χ2v) is 6.14. The van der Waals surface area contributed by atoms with Crippen molar-refractivity contribution in [3.05, 3.63) is 47.5 Å². The predicted octanol–water partition coefficient (Wildman–Crippen LogP) is 5.78. The normalized spacial score (nSPS) is 20.9. The lowest BCUT2D eigenvalue weighted by Gasteiger charge is -2.25. The number of rotatable bonds is 6. The summed E-state index contributed by atoms with van der Waals surface area (Å²) in [5.41, 5.74) is 3.25. The van der Waals surface area contributed by atoms with Crippen LogP contribution in [0.3, 0.4) is 0 Å². The molecule has 1 aliphatic rings. The molecule has 2 rings (SSSR count). The molecule has 0 amide bonds. The quantitative estimate of drug-likeness (QED) is 0.566. The molecule has 1 aromatic carbocycles. The summed E-state index contributed by atoms with van der Waals surface area (Å²) in [4.78, 5) is 0. The van der Waals surface area contributed by atoms with Crippen LogP contribution in [-0.4, -0.2) is 0 Å². The molecule has 0 heterocycles. The van der Waals surface area contributed by atoms with Crippen LogP contribution in [0.5, 0.6) is 0 Å². The first-order chi connectivity index (χ1) is 9.29. The van der Waals surface area contributed by atoms with Gasteiger partial charge in [-0.25, -0.2) is 0 Å². The van der Waals surface area contributed by atoms with Crippen LogP contribution < -0.4 is 0 Å². The zero-order valence-electron chi connectivity index (χ0n) is 12.6. The van der Waals surface area contributed by atoms with Gasteiger partial charge in [-0.1, -0.05) is 55.8 Å². The molecule has 0 aliphatic heterocycles. The van der Waals surface area contributed by atoms with Crippen LogP contribution >= 0.6 is 0 Å². The highest BCUT2D eigenvalue weighted by Crippen LogP contribution is 2.32. The highest BCUT2D eigenvalue weighted by Gasteiger charge is 2.17. The molecule has 0 saturated heterocycles. The first-order valence-electron chi connectivity index (χ1n) is 8.02. The number of hydrogen-bond donors (Lipinski definition) is 0. The summed E-state index contributed by atoms with van der Waals surface area (Å²) in [6.07, 6.45) is 11.9. The Morgan fingerprint density at radius 3 is 2.63 bits per heavy atom. The maximum absolute atomic E-state index is 2.55. The van der Waals surface area contributed by atoms with Crippen molar-refractivity contribution in [3.63, 3.8) is 0 Å². The molecule has 1 aromatic rings. The number of benzene rings is 1. The highest BCUT2D eigenvalue weighted by atomic mass is 14.2. The molecule has 2 unspecified atom stereocenters. The van der Waals surface area contributed by atoms with Gasteiger partial charge in [0.25, 0.3) is 0 Å². The Kier molecular flexibility index (Phi) is 5.69. The average molecular weight is 256 g/mol. The van der Waals surface area contributed by atoms with E-state index in [1.54, 1.807) is 5.57 Å². The van der Waals surface area contributed by atoms with E-state index in [1.807, 2.05) is 0 Å². The van der Waals surface area contributed by atoms with E-state index in [0.717, 1.165) is 11.8 Å². The Labute approximate surface area is 118 Å². The van der Waals surface area contributed by atoms with Gasteiger partial charge in [-0.15, -0.1) is 0 Å². The van der Waals surface area contributed by atoms with Crippen molar-refractivity contribution < 1.29 is 0 Å². The summed E-state index contributed by atoms with van der Waals surface area (Å²) >= 11 is 0. The third kappa shape index (κ3) is 4.53. The molecule has 0 fully saturated rings. The molecule has 0 aromatic heterocycles. The van der Waals surface area contributed by atoms with Gasteiger partial charge in [0.1, 0.15) is 0 Å². The lowest BCUT2D eigenvalue weighted by atomic mass is 9.81. The fraction of sp³-hybridized carbons (Fsp3) is 0.579. The Balaban J connectivity index is 1.80. The first-order valence-corrected chi connectivity index (χ1v) is 8.02. The molecule has 0 spiro atoms. The van der Waals surface area contributed by atoms with E-state index >= 15 is 0 Å². The smallest absolute Gasteiger partial charge is 0.0206 e. The molecular formula is C19H28. The van der Waals surface area contributed by atoms with Crippen molar-refractivity contribution in [2.75, 3.05) is 0 Å². The van der Waals surface area contributed by atoms with Gasteiger partial charge in [0.15, 0.2) is 0 Å². The molecule has 19 heavy (non-hydrogen) atoms. The van der Waals surface area contributed by atoms with Crippen LogP contribution in [0, 0.1) is 11.8 Å². The monoisotopic (exact) mass is 256 g/mol. The second kappa shape index (κ2) is 7.53. The molecular weight excluding hydrogens is 228 g/mol. The molecule has 0 nitrogen and oxygen atoms in total. The zero-order valence-corrected chi connectivity index (χ0v) is 12.6. The lowest BCUT2D eigenvalue weighted by Crippen LogP contribution is -2.10. The third-order valence-electron chi connectivity index (χ3n) is 4.59. The van der Waals surface area contributed by atoms with Gasteiger partial charge in [0.2, 0.25) is 0 Å². The fourth-order valence-corrected chi connectivity index (χ4v) is 3.21. The van der Waals surface area contributed by atoms with E-state index in [9.17, 15) is 0 Å². The Morgan fingerprint density at radius 1 is 1.21 bits per heavy atom. The molecule has 0 radical (unpaired) electrons. The summed E-state index contributed by atoms with van der Waals surface area (Å²) in [7, 11) is 0. The summed E-state index contributed by atoms with van der Waals surface area (Å²) in [6, 6.07) is 10.9. The van der Waals surface area contributed by atoms with Gasteiger partial charge < -0.3 is 0 Å². The number of allylic oxidation sites excluding steroid dienone is 2. The molecule has 0 N–H and O–H groups in total. The van der Waals surface area contributed by atoms with Gasteiger partial charge in [-0.2, -0.15) is 0 Å². The standard InChI is InChI=1S/C19H28/c1-3-18(19-14-12-16(2)13-15-19)11-7-10-17-8-5-4-6-9-17/h4-6,8-9,14,16,18H,3,7,10-13,15H2,1-2H3. The topological polar surface area (TPSA) is 0 Å². The van der Waals surface area contributed by atoms with Crippen molar-refractivity contribution in [1.29, 1.82) is 0 Å². The van der Waals surface area contributed by atoms with Crippen molar-refractivity contribution in [1.82, 2.24) is 0 Å². The third-order valence-corrected chi connectivity index (χ3v) is 4.59. The van der Waals surface area contributed by atoms with Crippen molar-refractivity contribution in [2.45, 2.75) is 58.8 Å².